The van der Waals surface area contributed by atoms with Crippen molar-refractivity contribution < 1.29 is 4.79 Å². The van der Waals surface area contributed by atoms with Gasteiger partial charge in [0.15, 0.2) is 5.13 Å². The van der Waals surface area contributed by atoms with Crippen LogP contribution in [0.25, 0.3) is 10.2 Å². The molecule has 0 bridgehead atoms. The van der Waals surface area contributed by atoms with Crippen molar-refractivity contribution in [3.05, 3.63) is 24.3 Å². The zero-order valence-electron chi connectivity index (χ0n) is 11.9. The van der Waals surface area contributed by atoms with E-state index in [4.69, 9.17) is 0 Å². The van der Waals surface area contributed by atoms with E-state index in [2.05, 4.69) is 20.9 Å². The molecule has 1 fully saturated rings. The Morgan fingerprint density at radius 2 is 2.14 bits per heavy atom. The molecule has 112 valence electrons. The molecule has 0 saturated carbocycles. The van der Waals surface area contributed by atoms with E-state index < -0.39 is 0 Å². The van der Waals surface area contributed by atoms with Crippen molar-refractivity contribution in [2.45, 2.75) is 19.3 Å². The third kappa shape index (κ3) is 3.92. The maximum atomic E-state index is 11.9. The van der Waals surface area contributed by atoms with Crippen LogP contribution in [0.15, 0.2) is 24.3 Å². The SMILES string of the molecule is O=C(NCCC1CCNCC1)Nc1nc2ccccc2s1. The molecule has 3 N–H and O–H groups in total. The van der Waals surface area contributed by atoms with Gasteiger partial charge in [-0.25, -0.2) is 9.78 Å². The van der Waals surface area contributed by atoms with Gasteiger partial charge < -0.3 is 10.6 Å². The lowest BCUT2D eigenvalue weighted by atomic mass is 9.95. The predicted octanol–water partition coefficient (Wildman–Crippen LogP) is 2.81. The van der Waals surface area contributed by atoms with Gasteiger partial charge in [0.05, 0.1) is 10.2 Å². The minimum Gasteiger partial charge on any atom is -0.338 e. The maximum Gasteiger partial charge on any atom is 0.321 e. The average Bonchev–Trinajstić information content (AvgIpc) is 2.90. The highest BCUT2D eigenvalue weighted by Crippen LogP contribution is 2.25. The Kier molecular flexibility index (Phi) is 4.67. The smallest absolute Gasteiger partial charge is 0.321 e. The van der Waals surface area contributed by atoms with Crippen molar-refractivity contribution in [3.63, 3.8) is 0 Å². The Hall–Kier alpha value is -1.66. The first-order chi connectivity index (χ1) is 10.3. The molecule has 0 radical (unpaired) electrons. The monoisotopic (exact) mass is 304 g/mol. The summed E-state index contributed by atoms with van der Waals surface area (Å²) in [6, 6.07) is 7.72. The van der Waals surface area contributed by atoms with Crippen molar-refractivity contribution in [2.75, 3.05) is 25.0 Å². The van der Waals surface area contributed by atoms with Gasteiger partial charge in [0, 0.05) is 6.54 Å². The molecule has 0 atom stereocenters. The van der Waals surface area contributed by atoms with E-state index in [-0.39, 0.29) is 6.03 Å². The first kappa shape index (κ1) is 14.3. The van der Waals surface area contributed by atoms with Gasteiger partial charge >= 0.3 is 6.03 Å². The number of thiazole rings is 1. The highest BCUT2D eigenvalue weighted by atomic mass is 32.1. The zero-order valence-corrected chi connectivity index (χ0v) is 12.7. The molecule has 1 aliphatic rings. The predicted molar refractivity (Wildman–Crippen MR) is 86.9 cm³/mol. The molecular formula is C15H20N4OS. The topological polar surface area (TPSA) is 66.1 Å². The molecule has 1 aromatic carbocycles. The number of piperidine rings is 1. The van der Waals surface area contributed by atoms with E-state index in [0.29, 0.717) is 5.13 Å². The normalized spacial score (nSPS) is 16.0. The third-order valence-electron chi connectivity index (χ3n) is 3.81. The molecule has 0 aliphatic carbocycles. The summed E-state index contributed by atoms with van der Waals surface area (Å²) in [7, 11) is 0. The number of amides is 2. The molecule has 1 aromatic heterocycles. The Labute approximate surface area is 128 Å². The molecule has 2 aromatic rings. The fourth-order valence-electron chi connectivity index (χ4n) is 2.63. The Morgan fingerprint density at radius 3 is 2.95 bits per heavy atom. The first-order valence-electron chi connectivity index (χ1n) is 7.42. The number of aromatic nitrogens is 1. The lowest BCUT2D eigenvalue weighted by Gasteiger charge is -2.22. The van der Waals surface area contributed by atoms with Gasteiger partial charge in [-0.2, -0.15) is 0 Å². The number of carbonyl (C=O) groups excluding carboxylic acids is 1. The molecule has 0 unspecified atom stereocenters. The van der Waals surface area contributed by atoms with Crippen molar-refractivity contribution in [1.82, 2.24) is 15.6 Å². The van der Waals surface area contributed by atoms with E-state index in [9.17, 15) is 4.79 Å². The lowest BCUT2D eigenvalue weighted by molar-refractivity contribution is 0.250. The number of nitrogens with one attached hydrogen (secondary N) is 3. The van der Waals surface area contributed by atoms with Gasteiger partial charge in [-0.05, 0) is 50.4 Å². The molecule has 21 heavy (non-hydrogen) atoms. The summed E-state index contributed by atoms with van der Waals surface area (Å²) >= 11 is 1.50. The van der Waals surface area contributed by atoms with Crippen LogP contribution in [-0.2, 0) is 0 Å². The minimum atomic E-state index is -0.164. The summed E-state index contributed by atoms with van der Waals surface area (Å²) in [6.45, 7) is 2.92. The second-order valence-electron chi connectivity index (χ2n) is 5.35. The number of carbonyl (C=O) groups is 1. The summed E-state index contributed by atoms with van der Waals surface area (Å²) in [4.78, 5) is 16.3. The van der Waals surface area contributed by atoms with E-state index in [0.717, 1.165) is 42.2 Å². The molecule has 2 amide bonds. The molecule has 1 saturated heterocycles. The Bertz CT molecular complexity index is 573. The van der Waals surface area contributed by atoms with Crippen LogP contribution in [0.2, 0.25) is 0 Å². The quantitative estimate of drug-likeness (QED) is 0.814. The second kappa shape index (κ2) is 6.87. The van der Waals surface area contributed by atoms with E-state index in [1.165, 1.54) is 24.2 Å². The van der Waals surface area contributed by atoms with Gasteiger partial charge in [0.1, 0.15) is 0 Å². The van der Waals surface area contributed by atoms with Gasteiger partial charge in [0.25, 0.3) is 0 Å². The largest absolute Gasteiger partial charge is 0.338 e. The van der Waals surface area contributed by atoms with E-state index >= 15 is 0 Å². The van der Waals surface area contributed by atoms with Crippen LogP contribution in [0, 0.1) is 5.92 Å². The van der Waals surface area contributed by atoms with Crippen LogP contribution in [0.1, 0.15) is 19.3 Å². The molecular weight excluding hydrogens is 284 g/mol. The van der Waals surface area contributed by atoms with Gasteiger partial charge in [-0.15, -0.1) is 0 Å². The Balaban J connectivity index is 1.45. The second-order valence-corrected chi connectivity index (χ2v) is 6.38. The fourth-order valence-corrected chi connectivity index (χ4v) is 3.49. The van der Waals surface area contributed by atoms with Gasteiger partial charge in [0.2, 0.25) is 0 Å². The number of fused-ring (bicyclic) bond motifs is 1. The van der Waals surface area contributed by atoms with Crippen LogP contribution in [0.5, 0.6) is 0 Å². The number of benzene rings is 1. The number of urea groups is 1. The number of nitrogens with zero attached hydrogens (tertiary/aromatic N) is 1. The van der Waals surface area contributed by atoms with Crippen molar-refractivity contribution in [2.24, 2.45) is 5.92 Å². The summed E-state index contributed by atoms with van der Waals surface area (Å²) in [5.41, 5.74) is 0.924. The molecule has 0 spiro atoms. The van der Waals surface area contributed by atoms with Crippen molar-refractivity contribution >= 4 is 32.7 Å². The molecule has 1 aliphatic heterocycles. The van der Waals surface area contributed by atoms with Crippen LogP contribution < -0.4 is 16.0 Å². The molecule has 6 heteroatoms. The van der Waals surface area contributed by atoms with Gasteiger partial charge in [-0.1, -0.05) is 23.5 Å². The molecule has 2 heterocycles. The average molecular weight is 304 g/mol. The maximum absolute atomic E-state index is 11.9. The summed E-state index contributed by atoms with van der Waals surface area (Å²) < 4.78 is 1.09. The van der Waals surface area contributed by atoms with Crippen LogP contribution in [0.4, 0.5) is 9.93 Å². The zero-order chi connectivity index (χ0) is 14.5. The van der Waals surface area contributed by atoms with E-state index in [1.54, 1.807) is 0 Å². The van der Waals surface area contributed by atoms with Gasteiger partial charge in [-0.3, -0.25) is 5.32 Å². The first-order valence-corrected chi connectivity index (χ1v) is 8.24. The number of para-hydroxylation sites is 1. The summed E-state index contributed by atoms with van der Waals surface area (Å²) in [6.07, 6.45) is 3.47. The van der Waals surface area contributed by atoms with Crippen LogP contribution >= 0.6 is 11.3 Å². The Morgan fingerprint density at radius 1 is 1.33 bits per heavy atom. The summed E-state index contributed by atoms with van der Waals surface area (Å²) in [5.74, 6) is 0.731. The van der Waals surface area contributed by atoms with Crippen molar-refractivity contribution in [3.8, 4) is 0 Å². The lowest BCUT2D eigenvalue weighted by Crippen LogP contribution is -2.33. The standard InChI is InChI=1S/C15H20N4OS/c20-14(17-10-7-11-5-8-16-9-6-11)19-15-18-12-3-1-2-4-13(12)21-15/h1-4,11,16H,5-10H2,(H2,17,18,19,20). The number of anilines is 1. The molecule has 5 nitrogen and oxygen atoms in total. The molecule has 3 rings (SSSR count). The number of hydrogen-bond acceptors (Lipinski definition) is 4. The highest BCUT2D eigenvalue weighted by molar-refractivity contribution is 7.22. The fraction of sp³-hybridized carbons (Fsp3) is 0.467. The van der Waals surface area contributed by atoms with E-state index in [1.807, 2.05) is 24.3 Å². The number of hydrogen-bond donors (Lipinski definition) is 3. The number of rotatable bonds is 4. The highest BCUT2D eigenvalue weighted by Gasteiger charge is 2.13. The third-order valence-corrected chi connectivity index (χ3v) is 4.76. The van der Waals surface area contributed by atoms with Crippen LogP contribution in [-0.4, -0.2) is 30.6 Å². The minimum absolute atomic E-state index is 0.164. The van der Waals surface area contributed by atoms with Crippen molar-refractivity contribution in [1.29, 1.82) is 0 Å². The van der Waals surface area contributed by atoms with Crippen LogP contribution in [0.3, 0.4) is 0 Å². The summed E-state index contributed by atoms with van der Waals surface area (Å²) in [5, 5.41) is 9.73.